The van der Waals surface area contributed by atoms with Crippen molar-refractivity contribution in [2.24, 2.45) is 0 Å². The van der Waals surface area contributed by atoms with Crippen molar-refractivity contribution >= 4 is 38.9 Å². The molecule has 1 aromatic heterocycles. The van der Waals surface area contributed by atoms with E-state index in [-0.39, 0.29) is 0 Å². The molecule has 2 heteroatoms. The van der Waals surface area contributed by atoms with Crippen LogP contribution < -0.4 is 4.90 Å². The Morgan fingerprint density at radius 3 is 1.49 bits per heavy atom. The van der Waals surface area contributed by atoms with Crippen LogP contribution in [0, 0.1) is 0 Å². The van der Waals surface area contributed by atoms with E-state index in [1.165, 1.54) is 88.7 Å². The van der Waals surface area contributed by atoms with Gasteiger partial charge >= 0.3 is 0 Å². The average molecular weight is 831 g/mol. The molecule has 0 amide bonds. The number of rotatable bonds is 10. The maximum Gasteiger partial charge on any atom is 0.0541 e. The largest absolute Gasteiger partial charge is 0.311 e. The van der Waals surface area contributed by atoms with E-state index < -0.39 is 0 Å². The van der Waals surface area contributed by atoms with Crippen LogP contribution in [0.15, 0.2) is 249 Å². The zero-order valence-electron chi connectivity index (χ0n) is 36.1. The molecule has 1 heterocycles. The topological polar surface area (TPSA) is 8.17 Å². The predicted molar refractivity (Wildman–Crippen MR) is 274 cm³/mol. The molecule has 2 nitrogen and oxygen atoms in total. The molecule has 0 radical (unpaired) electrons. The van der Waals surface area contributed by atoms with E-state index in [1.807, 2.05) is 0 Å². The molecule has 1 aliphatic carbocycles. The van der Waals surface area contributed by atoms with Gasteiger partial charge in [-0.25, -0.2) is 0 Å². The zero-order chi connectivity index (χ0) is 43.1. The van der Waals surface area contributed by atoms with Gasteiger partial charge in [-0.1, -0.05) is 176 Å². The summed E-state index contributed by atoms with van der Waals surface area (Å²) in [6.45, 7) is 0. The lowest BCUT2D eigenvalue weighted by molar-refractivity contribution is 0.729. The first kappa shape index (κ1) is 38.5. The molecule has 1 atom stereocenters. The van der Waals surface area contributed by atoms with Crippen molar-refractivity contribution in [3.8, 4) is 50.2 Å². The van der Waals surface area contributed by atoms with Crippen molar-refractivity contribution in [1.29, 1.82) is 0 Å². The number of para-hydroxylation sites is 2. The fourth-order valence-electron chi connectivity index (χ4n) is 10.2. The Balaban J connectivity index is 0.882. The highest BCUT2D eigenvalue weighted by Gasteiger charge is 2.28. The summed E-state index contributed by atoms with van der Waals surface area (Å²) in [4.78, 5) is 2.37. The molecule has 0 bridgehead atoms. The predicted octanol–water partition coefficient (Wildman–Crippen LogP) is 17.0. The number of benzene rings is 10. The summed E-state index contributed by atoms with van der Waals surface area (Å²) in [5, 5.41) is 2.51. The maximum absolute atomic E-state index is 2.42. The number of aromatic nitrogens is 1. The fourth-order valence-corrected chi connectivity index (χ4v) is 10.2. The summed E-state index contributed by atoms with van der Waals surface area (Å²) >= 11 is 0. The summed E-state index contributed by atoms with van der Waals surface area (Å²) in [6, 6.07) is 91.0. The van der Waals surface area contributed by atoms with Crippen molar-refractivity contribution < 1.29 is 0 Å². The van der Waals surface area contributed by atoms with Crippen molar-refractivity contribution in [2.75, 3.05) is 4.90 Å². The van der Waals surface area contributed by atoms with Crippen molar-refractivity contribution in [3.05, 3.63) is 265 Å². The van der Waals surface area contributed by atoms with Gasteiger partial charge < -0.3 is 9.47 Å². The highest BCUT2D eigenvalue weighted by Crippen LogP contribution is 2.48. The molecular weight excluding hydrogens is 785 g/mol. The molecule has 1 aliphatic rings. The number of aryl methyl sites for hydroxylation is 1. The Bertz CT molecular complexity index is 3440. The van der Waals surface area contributed by atoms with Gasteiger partial charge in [-0.15, -0.1) is 0 Å². The van der Waals surface area contributed by atoms with Crippen LogP contribution in [0.3, 0.4) is 0 Å². The number of hydrogen-bond donors (Lipinski definition) is 0. The summed E-state index contributed by atoms with van der Waals surface area (Å²) in [5.74, 6) is 0.399. The lowest BCUT2D eigenvalue weighted by atomic mass is 9.90. The monoisotopic (exact) mass is 830 g/mol. The van der Waals surface area contributed by atoms with Gasteiger partial charge in [-0.3, -0.25) is 0 Å². The second-order valence-corrected chi connectivity index (χ2v) is 17.2. The quantitative estimate of drug-likeness (QED) is 0.133. The Labute approximate surface area is 381 Å². The molecule has 1 unspecified atom stereocenters. The Morgan fingerprint density at radius 1 is 0.338 bits per heavy atom. The third kappa shape index (κ3) is 7.10. The van der Waals surface area contributed by atoms with Crippen molar-refractivity contribution in [2.45, 2.75) is 18.8 Å². The molecular formula is C63H46N2. The average Bonchev–Trinajstić information content (AvgIpc) is 3.89. The van der Waals surface area contributed by atoms with Gasteiger partial charge in [-0.2, -0.15) is 0 Å². The first-order chi connectivity index (χ1) is 32.2. The smallest absolute Gasteiger partial charge is 0.0541 e. The van der Waals surface area contributed by atoms with E-state index >= 15 is 0 Å². The number of fused-ring (bicyclic) bond motifs is 6. The van der Waals surface area contributed by atoms with E-state index in [9.17, 15) is 0 Å². The molecule has 0 fully saturated rings. The van der Waals surface area contributed by atoms with Gasteiger partial charge in [0.15, 0.2) is 0 Å². The van der Waals surface area contributed by atoms with E-state index in [2.05, 4.69) is 258 Å². The van der Waals surface area contributed by atoms with Crippen LogP contribution in [-0.4, -0.2) is 4.57 Å². The second kappa shape index (κ2) is 16.5. The van der Waals surface area contributed by atoms with E-state index in [1.54, 1.807) is 0 Å². The van der Waals surface area contributed by atoms with Gasteiger partial charge in [0.25, 0.3) is 0 Å². The molecule has 308 valence electrons. The molecule has 0 aliphatic heterocycles. The highest BCUT2D eigenvalue weighted by atomic mass is 15.1. The first-order valence-electron chi connectivity index (χ1n) is 22.8. The van der Waals surface area contributed by atoms with Gasteiger partial charge in [0.1, 0.15) is 0 Å². The number of anilines is 3. The molecule has 0 saturated heterocycles. The molecule has 10 aromatic carbocycles. The zero-order valence-corrected chi connectivity index (χ0v) is 36.1. The molecule has 0 saturated carbocycles. The maximum atomic E-state index is 2.42. The van der Waals surface area contributed by atoms with Gasteiger partial charge in [0.05, 0.1) is 11.0 Å². The van der Waals surface area contributed by atoms with Crippen molar-refractivity contribution in [1.82, 2.24) is 4.57 Å². The summed E-state index contributed by atoms with van der Waals surface area (Å²) < 4.78 is 2.37. The van der Waals surface area contributed by atoms with Gasteiger partial charge in [-0.05, 0) is 147 Å². The number of hydrogen-bond acceptors (Lipinski definition) is 1. The third-order valence-corrected chi connectivity index (χ3v) is 13.5. The van der Waals surface area contributed by atoms with E-state index in [4.69, 9.17) is 0 Å². The van der Waals surface area contributed by atoms with Crippen LogP contribution in [0.25, 0.3) is 72.0 Å². The second-order valence-electron chi connectivity index (χ2n) is 17.2. The first-order valence-corrected chi connectivity index (χ1v) is 22.8. The Kier molecular flexibility index (Phi) is 9.76. The summed E-state index contributed by atoms with van der Waals surface area (Å²) in [5.41, 5.74) is 21.2. The van der Waals surface area contributed by atoms with E-state index in [0.29, 0.717) is 5.92 Å². The Hall–Kier alpha value is -8.20. The Morgan fingerprint density at radius 2 is 0.815 bits per heavy atom. The van der Waals surface area contributed by atoms with Crippen molar-refractivity contribution in [3.63, 3.8) is 0 Å². The molecule has 11 aromatic rings. The van der Waals surface area contributed by atoms with Crippen LogP contribution in [0.2, 0.25) is 0 Å². The number of nitrogens with zero attached hydrogens (tertiary/aromatic N) is 2. The highest BCUT2D eigenvalue weighted by molar-refractivity contribution is 6.10. The molecule has 0 spiro atoms. The van der Waals surface area contributed by atoms with Crippen LogP contribution in [0.5, 0.6) is 0 Å². The van der Waals surface area contributed by atoms with Crippen LogP contribution in [0.1, 0.15) is 29.0 Å². The summed E-state index contributed by atoms with van der Waals surface area (Å²) in [6.07, 6.45) is 2.16. The van der Waals surface area contributed by atoms with Crippen LogP contribution in [0.4, 0.5) is 17.1 Å². The standard InChI is InChI=1S/C63H46N2/c1-4-14-44(15-5-1)24-39-57-55-20-10-11-21-56(55)60-42-49(31-40-58(57)60)47-27-35-53(36-28-47)64(52-33-25-46(26-34-52)45-16-6-2-7-17-45)54-37-29-48(30-38-54)50-32-41-63-61(43-50)59-22-12-13-23-62(59)65(63)51-18-8-3-9-19-51/h1-23,25-38,40-43,57H,24,39H2. The van der Waals surface area contributed by atoms with Gasteiger partial charge in [0.2, 0.25) is 0 Å². The lowest BCUT2D eigenvalue weighted by Crippen LogP contribution is -2.09. The molecule has 12 rings (SSSR count). The van der Waals surface area contributed by atoms with E-state index in [0.717, 1.165) is 29.9 Å². The third-order valence-electron chi connectivity index (χ3n) is 13.5. The SMILES string of the molecule is c1ccc(CCC2c3ccccc3-c3cc(-c4ccc(N(c5ccc(-c6ccccc6)cc5)c5ccc(-c6ccc7c(c6)c6ccccc6n7-c6ccccc6)cc5)cc4)ccc32)cc1. The molecule has 65 heavy (non-hydrogen) atoms. The minimum absolute atomic E-state index is 0.399. The lowest BCUT2D eigenvalue weighted by Gasteiger charge is -2.26. The minimum atomic E-state index is 0.399. The normalized spacial score (nSPS) is 12.9. The fraction of sp³-hybridized carbons (Fsp3) is 0.0476. The van der Waals surface area contributed by atoms with Crippen LogP contribution >= 0.6 is 0 Å². The summed E-state index contributed by atoms with van der Waals surface area (Å²) in [7, 11) is 0. The van der Waals surface area contributed by atoms with Gasteiger partial charge in [0, 0.05) is 39.4 Å². The molecule has 0 N–H and O–H groups in total. The minimum Gasteiger partial charge on any atom is -0.311 e. The van der Waals surface area contributed by atoms with Crippen LogP contribution in [-0.2, 0) is 6.42 Å².